The van der Waals surface area contributed by atoms with Gasteiger partial charge in [0.15, 0.2) is 11.5 Å². The predicted molar refractivity (Wildman–Crippen MR) is 187 cm³/mol. The number of anilines is 1. The maximum absolute atomic E-state index is 14.6. The molecule has 254 valence electrons. The minimum atomic E-state index is -4.44. The van der Waals surface area contributed by atoms with Gasteiger partial charge in [0.2, 0.25) is 11.8 Å². The number of methoxy groups -OCH3 is 2. The second-order valence-electron chi connectivity index (χ2n) is 11.0. The van der Waals surface area contributed by atoms with Gasteiger partial charge in [-0.15, -0.1) is 0 Å². The second kappa shape index (κ2) is 17.1. The van der Waals surface area contributed by atoms with Crippen LogP contribution >= 0.6 is 15.9 Å². The van der Waals surface area contributed by atoms with Crippen LogP contribution in [0.1, 0.15) is 30.9 Å². The Balaban J connectivity index is 1.81. The molecular formula is C36H39BrFN3O6S. The first-order chi connectivity index (χ1) is 23.1. The Bertz CT molecular complexity index is 1790. The first-order valence-corrected chi connectivity index (χ1v) is 17.7. The van der Waals surface area contributed by atoms with E-state index in [9.17, 15) is 22.4 Å². The molecule has 2 amide bonds. The Kier molecular flexibility index (Phi) is 13.0. The average Bonchev–Trinajstić information content (AvgIpc) is 3.09. The van der Waals surface area contributed by atoms with E-state index in [2.05, 4.69) is 21.2 Å². The molecule has 12 heteroatoms. The van der Waals surface area contributed by atoms with E-state index in [0.717, 1.165) is 44.9 Å². The molecule has 4 aromatic rings. The number of ether oxygens (including phenoxy) is 2. The van der Waals surface area contributed by atoms with Crippen LogP contribution < -0.4 is 19.1 Å². The van der Waals surface area contributed by atoms with E-state index < -0.39 is 34.3 Å². The molecule has 0 aliphatic heterocycles. The summed E-state index contributed by atoms with van der Waals surface area (Å²) in [6, 6.07) is 24.6. The first-order valence-electron chi connectivity index (χ1n) is 15.4. The minimum Gasteiger partial charge on any atom is -0.493 e. The molecule has 4 rings (SSSR count). The number of hydrogen-bond donors (Lipinski definition) is 1. The Hall–Kier alpha value is -4.42. The van der Waals surface area contributed by atoms with Gasteiger partial charge in [0.05, 0.1) is 24.8 Å². The molecule has 0 saturated heterocycles. The van der Waals surface area contributed by atoms with E-state index in [4.69, 9.17) is 9.47 Å². The van der Waals surface area contributed by atoms with Crippen LogP contribution in [0.5, 0.6) is 11.5 Å². The van der Waals surface area contributed by atoms with Crippen molar-refractivity contribution in [2.45, 2.75) is 43.7 Å². The molecule has 0 heterocycles. The van der Waals surface area contributed by atoms with Crippen LogP contribution in [0.15, 0.2) is 106 Å². The molecule has 9 nitrogen and oxygen atoms in total. The topological polar surface area (TPSA) is 105 Å². The molecule has 4 aromatic carbocycles. The van der Waals surface area contributed by atoms with Crippen LogP contribution in [0.4, 0.5) is 10.1 Å². The SMILES string of the molecule is CCCCNC(=O)[C@H](Cc1ccccc1)N(Cc1cccc(Br)c1)C(=O)CN(c1ccc(F)cc1)S(=O)(=O)c1ccc(OC)c(OC)c1. The summed E-state index contributed by atoms with van der Waals surface area (Å²) in [6.45, 7) is 1.78. The maximum atomic E-state index is 14.6. The van der Waals surface area contributed by atoms with Crippen molar-refractivity contribution in [3.63, 3.8) is 0 Å². The van der Waals surface area contributed by atoms with Crippen molar-refractivity contribution >= 4 is 43.5 Å². The summed E-state index contributed by atoms with van der Waals surface area (Å²) < 4.78 is 54.9. The van der Waals surface area contributed by atoms with Gasteiger partial charge in [-0.2, -0.15) is 0 Å². The fraction of sp³-hybridized carbons (Fsp3) is 0.278. The maximum Gasteiger partial charge on any atom is 0.264 e. The molecule has 48 heavy (non-hydrogen) atoms. The van der Waals surface area contributed by atoms with E-state index in [0.29, 0.717) is 12.3 Å². The van der Waals surface area contributed by atoms with Crippen molar-refractivity contribution in [3.05, 3.63) is 118 Å². The predicted octanol–water partition coefficient (Wildman–Crippen LogP) is 6.36. The summed E-state index contributed by atoms with van der Waals surface area (Å²) in [5.41, 5.74) is 1.62. The third-order valence-electron chi connectivity index (χ3n) is 7.68. The third kappa shape index (κ3) is 9.35. The summed E-state index contributed by atoms with van der Waals surface area (Å²) in [7, 11) is -1.62. The third-order valence-corrected chi connectivity index (χ3v) is 9.94. The highest BCUT2D eigenvalue weighted by Gasteiger charge is 2.35. The van der Waals surface area contributed by atoms with Crippen LogP contribution in [0.25, 0.3) is 0 Å². The van der Waals surface area contributed by atoms with Crippen molar-refractivity contribution in [1.82, 2.24) is 10.2 Å². The summed E-state index contributed by atoms with van der Waals surface area (Å²) in [6.07, 6.45) is 1.81. The quantitative estimate of drug-likeness (QED) is 0.134. The summed E-state index contributed by atoms with van der Waals surface area (Å²) in [5.74, 6) is -1.07. The van der Waals surface area contributed by atoms with Crippen molar-refractivity contribution in [1.29, 1.82) is 0 Å². The zero-order valence-electron chi connectivity index (χ0n) is 27.1. The molecule has 0 bridgehead atoms. The van der Waals surface area contributed by atoms with Crippen LogP contribution in [0.3, 0.4) is 0 Å². The monoisotopic (exact) mass is 739 g/mol. The van der Waals surface area contributed by atoms with Crippen molar-refractivity contribution in [2.75, 3.05) is 31.6 Å². The highest BCUT2D eigenvalue weighted by Crippen LogP contribution is 2.32. The fourth-order valence-electron chi connectivity index (χ4n) is 5.13. The molecule has 0 fully saturated rings. The van der Waals surface area contributed by atoms with Gasteiger partial charge in [-0.05, 0) is 66.1 Å². The zero-order valence-corrected chi connectivity index (χ0v) is 29.5. The van der Waals surface area contributed by atoms with Crippen LogP contribution in [-0.2, 0) is 32.6 Å². The highest BCUT2D eigenvalue weighted by molar-refractivity contribution is 9.10. The Morgan fingerprint density at radius 2 is 1.56 bits per heavy atom. The van der Waals surface area contributed by atoms with E-state index in [-0.39, 0.29) is 35.2 Å². The number of rotatable bonds is 16. The number of nitrogens with zero attached hydrogens (tertiary/aromatic N) is 2. The highest BCUT2D eigenvalue weighted by atomic mass is 79.9. The summed E-state index contributed by atoms with van der Waals surface area (Å²) in [5, 5.41) is 2.97. The molecule has 0 aromatic heterocycles. The first kappa shape index (κ1) is 36.4. The Morgan fingerprint density at radius 1 is 0.875 bits per heavy atom. The molecular weight excluding hydrogens is 701 g/mol. The number of carbonyl (C=O) groups excluding carboxylic acids is 2. The van der Waals surface area contributed by atoms with Gasteiger partial charge in [-0.3, -0.25) is 13.9 Å². The fourth-order valence-corrected chi connectivity index (χ4v) is 7.01. The van der Waals surface area contributed by atoms with Gasteiger partial charge in [0.1, 0.15) is 18.4 Å². The molecule has 0 spiro atoms. The van der Waals surface area contributed by atoms with Crippen molar-refractivity contribution in [3.8, 4) is 11.5 Å². The van der Waals surface area contributed by atoms with E-state index in [1.165, 1.54) is 49.5 Å². The Labute approximate surface area is 289 Å². The van der Waals surface area contributed by atoms with E-state index in [1.807, 2.05) is 61.5 Å². The van der Waals surface area contributed by atoms with Gasteiger partial charge >= 0.3 is 0 Å². The van der Waals surface area contributed by atoms with Gasteiger partial charge < -0.3 is 19.7 Å². The van der Waals surface area contributed by atoms with Gasteiger partial charge in [0, 0.05) is 30.0 Å². The lowest BCUT2D eigenvalue weighted by Gasteiger charge is -2.34. The van der Waals surface area contributed by atoms with Crippen molar-refractivity contribution < 1.29 is 31.9 Å². The van der Waals surface area contributed by atoms with Crippen LogP contribution in [0.2, 0.25) is 0 Å². The average molecular weight is 741 g/mol. The number of carbonyl (C=O) groups is 2. The molecule has 1 atom stereocenters. The summed E-state index contributed by atoms with van der Waals surface area (Å²) >= 11 is 3.48. The minimum absolute atomic E-state index is 0.0185. The summed E-state index contributed by atoms with van der Waals surface area (Å²) in [4.78, 5) is 29.7. The standard InChI is InChI=1S/C36H39BrFN3O6S/c1-4-5-20-39-36(43)32(22-26-10-7-6-8-11-26)40(24-27-12-9-13-28(37)21-27)35(42)25-41(30-16-14-29(38)15-17-30)48(44,45)31-18-19-33(46-2)34(23-31)47-3/h6-19,21,23,32H,4-5,20,22,24-25H2,1-3H3,(H,39,43)/t32-/m0/s1. The second-order valence-corrected chi connectivity index (χ2v) is 13.8. The number of halogens is 2. The lowest BCUT2D eigenvalue weighted by molar-refractivity contribution is -0.140. The molecule has 1 N–H and O–H groups in total. The number of unbranched alkanes of at least 4 members (excludes halogenated alkanes) is 1. The molecule has 0 saturated carbocycles. The van der Waals surface area contributed by atoms with Gasteiger partial charge in [-0.1, -0.05) is 71.7 Å². The lowest BCUT2D eigenvalue weighted by atomic mass is 10.0. The van der Waals surface area contributed by atoms with Crippen molar-refractivity contribution in [2.24, 2.45) is 0 Å². The number of sulfonamides is 1. The molecule has 0 unspecified atom stereocenters. The number of benzene rings is 4. The number of amides is 2. The number of nitrogens with one attached hydrogen (secondary N) is 1. The van der Waals surface area contributed by atoms with Gasteiger partial charge in [0.25, 0.3) is 10.0 Å². The van der Waals surface area contributed by atoms with Gasteiger partial charge in [-0.25, -0.2) is 12.8 Å². The Morgan fingerprint density at radius 3 is 2.21 bits per heavy atom. The number of hydrogen-bond acceptors (Lipinski definition) is 6. The van der Waals surface area contributed by atoms with Crippen LogP contribution in [-0.4, -0.2) is 58.5 Å². The van der Waals surface area contributed by atoms with E-state index >= 15 is 0 Å². The largest absolute Gasteiger partial charge is 0.493 e. The normalized spacial score (nSPS) is 11.8. The smallest absolute Gasteiger partial charge is 0.264 e. The van der Waals surface area contributed by atoms with E-state index in [1.54, 1.807) is 0 Å². The van der Waals surface area contributed by atoms with Crippen LogP contribution in [0, 0.1) is 5.82 Å². The molecule has 0 aliphatic rings. The molecule has 0 aliphatic carbocycles. The lowest BCUT2D eigenvalue weighted by Crippen LogP contribution is -2.53. The zero-order chi connectivity index (χ0) is 34.7. The molecule has 0 radical (unpaired) electrons.